The summed E-state index contributed by atoms with van der Waals surface area (Å²) < 4.78 is 40.8. The summed E-state index contributed by atoms with van der Waals surface area (Å²) in [6.07, 6.45) is -4.66. The number of hydrogen-bond acceptors (Lipinski definition) is 4. The zero-order valence-corrected chi connectivity index (χ0v) is 13.0. The number of rotatable bonds is 2. The highest BCUT2D eigenvalue weighted by atomic mass is 19.4. The standard InChI is InChI=1S/C15H15F3N4O2/c1-8-19-9(2)22(20-8)10-6-21(7-10)14(24)12-5-11(23)3-4-13(12)15(16,17)18/h3-5,10,23H,6-7H2,1-2H3. The van der Waals surface area contributed by atoms with Gasteiger partial charge in [-0.15, -0.1) is 0 Å². The van der Waals surface area contributed by atoms with E-state index in [1.807, 2.05) is 0 Å². The Balaban J connectivity index is 1.80. The van der Waals surface area contributed by atoms with Gasteiger partial charge in [-0.1, -0.05) is 0 Å². The number of alkyl halides is 3. The van der Waals surface area contributed by atoms with Crippen molar-refractivity contribution in [2.75, 3.05) is 13.1 Å². The van der Waals surface area contributed by atoms with Crippen LogP contribution in [0.4, 0.5) is 13.2 Å². The maximum absolute atomic E-state index is 13.0. The number of phenols is 1. The Morgan fingerprint density at radius 2 is 1.96 bits per heavy atom. The van der Waals surface area contributed by atoms with Crippen molar-refractivity contribution < 1.29 is 23.1 Å². The van der Waals surface area contributed by atoms with Crippen molar-refractivity contribution >= 4 is 5.91 Å². The van der Waals surface area contributed by atoms with E-state index < -0.39 is 23.2 Å². The molecule has 0 unspecified atom stereocenters. The molecule has 128 valence electrons. The van der Waals surface area contributed by atoms with Crippen molar-refractivity contribution in [3.8, 4) is 5.75 Å². The summed E-state index contributed by atoms with van der Waals surface area (Å²) in [6, 6.07) is 2.37. The Morgan fingerprint density at radius 1 is 1.29 bits per heavy atom. The van der Waals surface area contributed by atoms with E-state index in [1.54, 1.807) is 18.5 Å². The molecule has 0 bridgehead atoms. The first-order valence-corrected chi connectivity index (χ1v) is 7.26. The van der Waals surface area contributed by atoms with Gasteiger partial charge in [-0.25, -0.2) is 9.67 Å². The summed E-state index contributed by atoms with van der Waals surface area (Å²) >= 11 is 0. The van der Waals surface area contributed by atoms with Crippen LogP contribution in [0.25, 0.3) is 0 Å². The number of nitrogens with zero attached hydrogens (tertiary/aromatic N) is 4. The number of likely N-dealkylation sites (tertiary alicyclic amines) is 1. The smallest absolute Gasteiger partial charge is 0.417 e. The van der Waals surface area contributed by atoms with Crippen LogP contribution < -0.4 is 0 Å². The van der Waals surface area contributed by atoms with Crippen molar-refractivity contribution in [1.29, 1.82) is 0 Å². The normalized spacial score (nSPS) is 15.5. The van der Waals surface area contributed by atoms with Gasteiger partial charge in [0.2, 0.25) is 0 Å². The van der Waals surface area contributed by atoms with Crippen molar-refractivity contribution in [3.63, 3.8) is 0 Å². The highest BCUT2D eigenvalue weighted by Gasteiger charge is 2.40. The Hall–Kier alpha value is -2.58. The summed E-state index contributed by atoms with van der Waals surface area (Å²) in [5.74, 6) is 0.151. The molecule has 1 aliphatic heterocycles. The molecule has 9 heteroatoms. The molecule has 0 spiro atoms. The molecule has 1 aromatic heterocycles. The molecule has 1 saturated heterocycles. The average Bonchev–Trinajstić information content (AvgIpc) is 2.74. The zero-order valence-electron chi connectivity index (χ0n) is 13.0. The predicted octanol–water partition coefficient (Wildman–Crippen LogP) is 2.32. The Morgan fingerprint density at radius 3 is 2.50 bits per heavy atom. The summed E-state index contributed by atoms with van der Waals surface area (Å²) in [6.45, 7) is 4.01. The minimum absolute atomic E-state index is 0.109. The van der Waals surface area contributed by atoms with Crippen LogP contribution in [0, 0.1) is 13.8 Å². The molecule has 1 aromatic carbocycles. The van der Waals surface area contributed by atoms with Gasteiger partial charge in [0.15, 0.2) is 0 Å². The number of carbonyl (C=O) groups is 1. The van der Waals surface area contributed by atoms with Gasteiger partial charge in [-0.05, 0) is 32.0 Å². The van der Waals surface area contributed by atoms with Crippen LogP contribution in [-0.2, 0) is 6.18 Å². The summed E-state index contributed by atoms with van der Waals surface area (Å²) in [7, 11) is 0. The van der Waals surface area contributed by atoms with E-state index in [1.165, 1.54) is 4.90 Å². The van der Waals surface area contributed by atoms with Gasteiger partial charge >= 0.3 is 6.18 Å². The zero-order chi connectivity index (χ0) is 17.6. The number of phenolic OH excluding ortho intramolecular Hbond substituents is 1. The van der Waals surface area contributed by atoms with E-state index in [0.29, 0.717) is 17.7 Å². The number of aromatic nitrogens is 3. The van der Waals surface area contributed by atoms with E-state index in [-0.39, 0.29) is 24.9 Å². The average molecular weight is 340 g/mol. The van der Waals surface area contributed by atoms with Crippen LogP contribution in [0.2, 0.25) is 0 Å². The molecule has 1 fully saturated rings. The lowest BCUT2D eigenvalue weighted by molar-refractivity contribution is -0.138. The van der Waals surface area contributed by atoms with Crippen molar-refractivity contribution in [1.82, 2.24) is 19.7 Å². The number of amides is 1. The Kier molecular flexibility index (Phi) is 3.73. The minimum Gasteiger partial charge on any atom is -0.508 e. The highest BCUT2D eigenvalue weighted by molar-refractivity contribution is 5.96. The number of halogens is 3. The van der Waals surface area contributed by atoms with Gasteiger partial charge in [0, 0.05) is 13.1 Å². The second kappa shape index (κ2) is 5.50. The quantitative estimate of drug-likeness (QED) is 0.911. The van der Waals surface area contributed by atoms with Gasteiger partial charge in [0.25, 0.3) is 5.91 Å². The van der Waals surface area contributed by atoms with Crippen LogP contribution in [0.3, 0.4) is 0 Å². The second-order valence-corrected chi connectivity index (χ2v) is 5.74. The number of benzene rings is 1. The molecule has 1 amide bonds. The van der Waals surface area contributed by atoms with Gasteiger partial charge in [-0.3, -0.25) is 4.79 Å². The molecular weight excluding hydrogens is 325 g/mol. The molecule has 0 saturated carbocycles. The molecule has 3 rings (SSSR count). The molecule has 1 N–H and O–H groups in total. The third-order valence-electron chi connectivity index (χ3n) is 3.94. The molecular formula is C15H15F3N4O2. The third kappa shape index (κ3) is 2.81. The fourth-order valence-corrected chi connectivity index (χ4v) is 2.78. The lowest BCUT2D eigenvalue weighted by Crippen LogP contribution is -2.51. The van der Waals surface area contributed by atoms with Crippen molar-refractivity contribution in [3.05, 3.63) is 41.0 Å². The van der Waals surface area contributed by atoms with Crippen LogP contribution >= 0.6 is 0 Å². The lowest BCUT2D eigenvalue weighted by atomic mass is 10.0. The summed E-state index contributed by atoms with van der Waals surface area (Å²) in [4.78, 5) is 17.8. The molecule has 1 aliphatic rings. The third-order valence-corrected chi connectivity index (χ3v) is 3.94. The van der Waals surface area contributed by atoms with E-state index in [9.17, 15) is 23.1 Å². The van der Waals surface area contributed by atoms with Gasteiger partial charge in [0.1, 0.15) is 17.4 Å². The first-order chi connectivity index (χ1) is 11.2. The van der Waals surface area contributed by atoms with E-state index >= 15 is 0 Å². The first kappa shape index (κ1) is 16.3. The van der Waals surface area contributed by atoms with Crippen LogP contribution in [0.1, 0.15) is 33.6 Å². The number of carbonyl (C=O) groups excluding carboxylic acids is 1. The predicted molar refractivity (Wildman–Crippen MR) is 77.5 cm³/mol. The summed E-state index contributed by atoms with van der Waals surface area (Å²) in [5, 5.41) is 13.7. The molecule has 6 nitrogen and oxygen atoms in total. The Labute approximate surface area is 135 Å². The fraction of sp³-hybridized carbons (Fsp3) is 0.400. The van der Waals surface area contributed by atoms with Crippen LogP contribution in [0.5, 0.6) is 5.75 Å². The van der Waals surface area contributed by atoms with Crippen molar-refractivity contribution in [2.24, 2.45) is 0 Å². The van der Waals surface area contributed by atoms with E-state index in [4.69, 9.17) is 0 Å². The van der Waals surface area contributed by atoms with Crippen molar-refractivity contribution in [2.45, 2.75) is 26.1 Å². The molecule has 2 aromatic rings. The topological polar surface area (TPSA) is 71.2 Å². The van der Waals surface area contributed by atoms with Gasteiger partial charge in [-0.2, -0.15) is 18.3 Å². The Bertz CT molecular complexity index is 795. The number of aromatic hydroxyl groups is 1. The largest absolute Gasteiger partial charge is 0.508 e. The lowest BCUT2D eigenvalue weighted by Gasteiger charge is -2.39. The fourth-order valence-electron chi connectivity index (χ4n) is 2.78. The number of aryl methyl sites for hydroxylation is 2. The molecule has 24 heavy (non-hydrogen) atoms. The maximum atomic E-state index is 13.0. The second-order valence-electron chi connectivity index (χ2n) is 5.74. The van der Waals surface area contributed by atoms with Crippen LogP contribution in [0.15, 0.2) is 18.2 Å². The maximum Gasteiger partial charge on any atom is 0.417 e. The minimum atomic E-state index is -4.66. The van der Waals surface area contributed by atoms with E-state index in [2.05, 4.69) is 10.1 Å². The van der Waals surface area contributed by atoms with Gasteiger partial charge in [0.05, 0.1) is 17.2 Å². The van der Waals surface area contributed by atoms with Crippen LogP contribution in [-0.4, -0.2) is 43.8 Å². The molecule has 0 radical (unpaired) electrons. The van der Waals surface area contributed by atoms with E-state index in [0.717, 1.165) is 12.1 Å². The molecule has 2 heterocycles. The highest BCUT2D eigenvalue weighted by Crippen LogP contribution is 2.35. The first-order valence-electron chi connectivity index (χ1n) is 7.26. The monoisotopic (exact) mass is 340 g/mol. The summed E-state index contributed by atoms with van der Waals surface area (Å²) in [5.41, 5.74) is -1.60. The number of hydrogen-bond donors (Lipinski definition) is 1. The molecule has 0 atom stereocenters. The van der Waals surface area contributed by atoms with Gasteiger partial charge < -0.3 is 10.0 Å². The SMILES string of the molecule is Cc1nc(C)n(C2CN(C(=O)c3cc(O)ccc3C(F)(F)F)C2)n1. The molecule has 0 aliphatic carbocycles.